The van der Waals surface area contributed by atoms with Gasteiger partial charge < -0.3 is 14.9 Å². The molecule has 18 heavy (non-hydrogen) atoms. The van der Waals surface area contributed by atoms with E-state index in [0.717, 1.165) is 18.8 Å². The number of oxazole rings is 1. The number of carbonyl (C=O) groups is 1. The number of ether oxygens (including phenoxy) is 1. The molecule has 0 saturated heterocycles. The number of esters is 1. The maximum atomic E-state index is 11.5. The van der Waals surface area contributed by atoms with Crippen molar-refractivity contribution in [3.05, 3.63) is 11.6 Å². The molecule has 1 fully saturated rings. The Kier molecular flexibility index (Phi) is 4.23. The molecule has 1 aliphatic rings. The number of nitrogens with two attached hydrogens (primary N) is 1. The first-order valence-corrected chi connectivity index (χ1v) is 6.63. The third-order valence-corrected chi connectivity index (χ3v) is 3.41. The van der Waals surface area contributed by atoms with Gasteiger partial charge in [-0.1, -0.05) is 25.7 Å². The normalized spacial score (nSPS) is 16.1. The third-order valence-electron chi connectivity index (χ3n) is 3.41. The van der Waals surface area contributed by atoms with Gasteiger partial charge in [-0.05, 0) is 19.3 Å². The lowest BCUT2D eigenvalue weighted by atomic mass is 10.0. The number of aryl methyl sites for hydroxylation is 1. The van der Waals surface area contributed by atoms with E-state index in [0.29, 0.717) is 12.5 Å². The monoisotopic (exact) mass is 252 g/mol. The number of rotatable bonds is 5. The Labute approximate surface area is 107 Å². The van der Waals surface area contributed by atoms with Gasteiger partial charge >= 0.3 is 5.97 Å². The molecule has 0 aliphatic heterocycles. The Morgan fingerprint density at radius 1 is 1.50 bits per heavy atom. The van der Waals surface area contributed by atoms with Crippen LogP contribution in [-0.4, -0.2) is 17.6 Å². The fraction of sp³-hybridized carbons (Fsp3) is 0.692. The number of nitrogens with zero attached hydrogens (tertiary/aromatic N) is 1. The molecule has 5 nitrogen and oxygen atoms in total. The molecule has 1 saturated carbocycles. The van der Waals surface area contributed by atoms with E-state index in [1.54, 1.807) is 6.92 Å². The van der Waals surface area contributed by atoms with Crippen molar-refractivity contribution in [2.45, 2.75) is 45.4 Å². The van der Waals surface area contributed by atoms with Crippen LogP contribution in [-0.2, 0) is 11.2 Å². The van der Waals surface area contributed by atoms with Crippen LogP contribution in [0, 0.1) is 5.92 Å². The van der Waals surface area contributed by atoms with Crippen molar-refractivity contribution < 1.29 is 13.9 Å². The third kappa shape index (κ3) is 3.03. The molecule has 100 valence electrons. The van der Waals surface area contributed by atoms with Crippen molar-refractivity contribution in [3.63, 3.8) is 0 Å². The molecule has 1 aromatic rings. The molecule has 0 unspecified atom stereocenters. The van der Waals surface area contributed by atoms with Gasteiger partial charge in [0, 0.05) is 6.42 Å². The van der Waals surface area contributed by atoms with Crippen molar-refractivity contribution in [1.82, 2.24) is 4.98 Å². The maximum Gasteiger partial charge on any atom is 0.362 e. The lowest BCUT2D eigenvalue weighted by Crippen LogP contribution is -2.07. The number of hydrogen-bond donors (Lipinski definition) is 1. The highest BCUT2D eigenvalue weighted by Crippen LogP contribution is 2.29. The molecule has 1 aromatic heterocycles. The summed E-state index contributed by atoms with van der Waals surface area (Å²) in [7, 11) is 0. The number of nitrogen functional groups attached to an aromatic ring is 1. The molecule has 0 radical (unpaired) electrons. The summed E-state index contributed by atoms with van der Waals surface area (Å²) in [5.41, 5.74) is 5.74. The average molecular weight is 252 g/mol. The van der Waals surface area contributed by atoms with Gasteiger partial charge in [0.1, 0.15) is 0 Å². The summed E-state index contributed by atoms with van der Waals surface area (Å²) >= 11 is 0. The molecule has 0 amide bonds. The second kappa shape index (κ2) is 5.89. The van der Waals surface area contributed by atoms with Crippen LogP contribution < -0.4 is 5.73 Å². The minimum absolute atomic E-state index is 0.0647. The van der Waals surface area contributed by atoms with Crippen LogP contribution in [0.3, 0.4) is 0 Å². The van der Waals surface area contributed by atoms with E-state index in [-0.39, 0.29) is 11.6 Å². The number of anilines is 1. The standard InChI is InChI=1S/C13H20N2O3/c1-2-17-13(16)11-12(14)18-10(15-11)8-7-9-5-3-4-6-9/h9H,2-8,14H2,1H3. The average Bonchev–Trinajstić information content (AvgIpc) is 2.96. The Hall–Kier alpha value is -1.52. The molecule has 5 heteroatoms. The van der Waals surface area contributed by atoms with Gasteiger partial charge in [-0.2, -0.15) is 0 Å². The Morgan fingerprint density at radius 2 is 2.22 bits per heavy atom. The second-order valence-electron chi connectivity index (χ2n) is 4.73. The number of carbonyl (C=O) groups excluding carboxylic acids is 1. The van der Waals surface area contributed by atoms with E-state index in [2.05, 4.69) is 4.98 Å². The zero-order chi connectivity index (χ0) is 13.0. The molecule has 0 atom stereocenters. The summed E-state index contributed by atoms with van der Waals surface area (Å²) < 4.78 is 10.2. The van der Waals surface area contributed by atoms with Gasteiger partial charge in [0.05, 0.1) is 6.61 Å². The molecular formula is C13H20N2O3. The van der Waals surface area contributed by atoms with E-state index in [1.165, 1.54) is 25.7 Å². The van der Waals surface area contributed by atoms with Gasteiger partial charge in [-0.15, -0.1) is 0 Å². The van der Waals surface area contributed by atoms with Crippen LogP contribution in [0.25, 0.3) is 0 Å². The number of aromatic nitrogens is 1. The Bertz CT molecular complexity index is 408. The highest BCUT2D eigenvalue weighted by atomic mass is 16.5. The van der Waals surface area contributed by atoms with Crippen molar-refractivity contribution in [2.75, 3.05) is 12.3 Å². The van der Waals surface area contributed by atoms with Crippen molar-refractivity contribution in [3.8, 4) is 0 Å². The molecule has 2 rings (SSSR count). The Balaban J connectivity index is 1.93. The highest BCUT2D eigenvalue weighted by Gasteiger charge is 2.20. The van der Waals surface area contributed by atoms with Gasteiger partial charge in [-0.25, -0.2) is 9.78 Å². The fourth-order valence-corrected chi connectivity index (χ4v) is 2.46. The van der Waals surface area contributed by atoms with Crippen LogP contribution in [0.4, 0.5) is 5.88 Å². The highest BCUT2D eigenvalue weighted by molar-refractivity contribution is 5.91. The van der Waals surface area contributed by atoms with Gasteiger partial charge in [0.25, 0.3) is 0 Å². The lowest BCUT2D eigenvalue weighted by Gasteiger charge is -2.05. The zero-order valence-corrected chi connectivity index (χ0v) is 10.8. The first kappa shape index (κ1) is 12.9. The van der Waals surface area contributed by atoms with Gasteiger partial charge in [0.2, 0.25) is 11.6 Å². The molecule has 0 aromatic carbocycles. The van der Waals surface area contributed by atoms with Crippen molar-refractivity contribution in [1.29, 1.82) is 0 Å². The summed E-state index contributed by atoms with van der Waals surface area (Å²) in [6.45, 7) is 2.05. The Morgan fingerprint density at radius 3 is 2.89 bits per heavy atom. The minimum Gasteiger partial charge on any atom is -0.461 e. The molecule has 2 N–H and O–H groups in total. The summed E-state index contributed by atoms with van der Waals surface area (Å²) in [6, 6.07) is 0. The quantitative estimate of drug-likeness (QED) is 0.815. The first-order valence-electron chi connectivity index (χ1n) is 6.63. The van der Waals surface area contributed by atoms with Gasteiger partial charge in [0.15, 0.2) is 5.89 Å². The molecule has 1 heterocycles. The van der Waals surface area contributed by atoms with Crippen LogP contribution in [0.15, 0.2) is 4.42 Å². The lowest BCUT2D eigenvalue weighted by molar-refractivity contribution is 0.0521. The van der Waals surface area contributed by atoms with E-state index in [9.17, 15) is 4.79 Å². The van der Waals surface area contributed by atoms with E-state index < -0.39 is 5.97 Å². The smallest absolute Gasteiger partial charge is 0.362 e. The molecule has 0 spiro atoms. The van der Waals surface area contributed by atoms with Crippen molar-refractivity contribution >= 4 is 11.9 Å². The molecule has 0 bridgehead atoms. The summed E-state index contributed by atoms with van der Waals surface area (Å²) in [6.07, 6.45) is 7.04. The van der Waals surface area contributed by atoms with Crippen molar-refractivity contribution in [2.24, 2.45) is 5.92 Å². The number of hydrogen-bond acceptors (Lipinski definition) is 5. The van der Waals surface area contributed by atoms with Crippen LogP contribution in [0.2, 0.25) is 0 Å². The summed E-state index contributed by atoms with van der Waals surface area (Å²) in [5, 5.41) is 0. The van der Waals surface area contributed by atoms with Crippen LogP contribution >= 0.6 is 0 Å². The first-order chi connectivity index (χ1) is 8.70. The molecular weight excluding hydrogens is 232 g/mol. The van der Waals surface area contributed by atoms with Gasteiger partial charge in [-0.3, -0.25) is 0 Å². The zero-order valence-electron chi connectivity index (χ0n) is 10.8. The summed E-state index contributed by atoms with van der Waals surface area (Å²) in [5.74, 6) is 0.868. The van der Waals surface area contributed by atoms with Crippen LogP contribution in [0.5, 0.6) is 0 Å². The second-order valence-corrected chi connectivity index (χ2v) is 4.73. The molecule has 1 aliphatic carbocycles. The topological polar surface area (TPSA) is 78.3 Å². The predicted octanol–water partition coefficient (Wildman–Crippen LogP) is 2.56. The van der Waals surface area contributed by atoms with E-state index in [1.807, 2.05) is 0 Å². The van der Waals surface area contributed by atoms with E-state index >= 15 is 0 Å². The van der Waals surface area contributed by atoms with E-state index in [4.69, 9.17) is 14.9 Å². The predicted molar refractivity (Wildman–Crippen MR) is 67.2 cm³/mol. The summed E-state index contributed by atoms with van der Waals surface area (Å²) in [4.78, 5) is 15.6. The largest absolute Gasteiger partial charge is 0.461 e. The SMILES string of the molecule is CCOC(=O)c1nc(CCC2CCCC2)oc1N. The van der Waals surface area contributed by atoms with Crippen LogP contribution in [0.1, 0.15) is 55.4 Å². The maximum absolute atomic E-state index is 11.5. The minimum atomic E-state index is -0.508. The fourth-order valence-electron chi connectivity index (χ4n) is 2.46.